The van der Waals surface area contributed by atoms with Gasteiger partial charge in [0, 0.05) is 18.6 Å². The summed E-state index contributed by atoms with van der Waals surface area (Å²) in [5.41, 5.74) is 0.595. The number of rotatable bonds is 7. The number of carboxylic acid groups (broad SMARTS) is 1. The number of nitrogens with zero attached hydrogens (tertiary/aromatic N) is 1. The highest BCUT2D eigenvalue weighted by molar-refractivity contribution is 5.73. The predicted molar refractivity (Wildman–Crippen MR) is 89.8 cm³/mol. The monoisotopic (exact) mass is 303 g/mol. The van der Waals surface area contributed by atoms with Crippen LogP contribution in [0.5, 0.6) is 0 Å². The highest BCUT2D eigenvalue weighted by Crippen LogP contribution is 2.44. The van der Waals surface area contributed by atoms with Crippen molar-refractivity contribution in [1.29, 1.82) is 0 Å². The summed E-state index contributed by atoms with van der Waals surface area (Å²) in [6.07, 6.45) is 2.81. The van der Waals surface area contributed by atoms with Crippen molar-refractivity contribution in [3.8, 4) is 0 Å². The van der Waals surface area contributed by atoms with Crippen LogP contribution in [0.15, 0.2) is 30.3 Å². The molecule has 2 rings (SSSR count). The second-order valence-corrected chi connectivity index (χ2v) is 7.47. The summed E-state index contributed by atoms with van der Waals surface area (Å²) in [4.78, 5) is 14.0. The number of hydrogen-bond acceptors (Lipinski definition) is 2. The fourth-order valence-corrected chi connectivity index (χ4v) is 3.52. The molecule has 1 atom stereocenters. The lowest BCUT2D eigenvalue weighted by molar-refractivity contribution is -0.148. The SMILES string of the molecule is CC(C)C(CCC(C)(C)C(=O)O)(c1ccccc1)N1CCC1. The van der Waals surface area contributed by atoms with Gasteiger partial charge in [0.2, 0.25) is 0 Å². The third-order valence-electron chi connectivity index (χ3n) is 5.36. The molecule has 0 spiro atoms. The van der Waals surface area contributed by atoms with E-state index in [1.807, 2.05) is 19.9 Å². The van der Waals surface area contributed by atoms with Crippen molar-refractivity contribution < 1.29 is 9.90 Å². The largest absolute Gasteiger partial charge is 0.481 e. The van der Waals surface area contributed by atoms with E-state index in [2.05, 4.69) is 43.0 Å². The van der Waals surface area contributed by atoms with Gasteiger partial charge >= 0.3 is 5.97 Å². The van der Waals surface area contributed by atoms with Gasteiger partial charge in [0.15, 0.2) is 0 Å². The molecule has 122 valence electrons. The molecule has 0 aliphatic carbocycles. The second-order valence-electron chi connectivity index (χ2n) is 7.47. The van der Waals surface area contributed by atoms with Gasteiger partial charge in [0.25, 0.3) is 0 Å². The Bertz CT molecular complexity index is 505. The van der Waals surface area contributed by atoms with Crippen LogP contribution in [-0.2, 0) is 10.3 Å². The molecule has 1 aromatic rings. The zero-order valence-corrected chi connectivity index (χ0v) is 14.3. The second kappa shape index (κ2) is 6.41. The summed E-state index contributed by atoms with van der Waals surface area (Å²) in [5.74, 6) is -0.262. The molecule has 0 aromatic heterocycles. The standard InChI is InChI=1S/C19H29NO2/c1-15(2)19(20-13-8-14-20,16-9-6-5-7-10-16)12-11-18(3,4)17(21)22/h5-7,9-10,15H,8,11-14H2,1-4H3,(H,21,22). The molecule has 1 aromatic carbocycles. The van der Waals surface area contributed by atoms with E-state index < -0.39 is 11.4 Å². The average molecular weight is 303 g/mol. The molecule has 22 heavy (non-hydrogen) atoms. The van der Waals surface area contributed by atoms with Gasteiger partial charge in [-0.3, -0.25) is 9.69 Å². The van der Waals surface area contributed by atoms with Crippen molar-refractivity contribution >= 4 is 5.97 Å². The number of likely N-dealkylation sites (tertiary alicyclic amines) is 1. The van der Waals surface area contributed by atoms with E-state index in [0.717, 1.165) is 19.5 Å². The van der Waals surface area contributed by atoms with E-state index in [1.54, 1.807) is 0 Å². The third kappa shape index (κ3) is 3.05. The van der Waals surface area contributed by atoms with Crippen LogP contribution >= 0.6 is 0 Å². The van der Waals surface area contributed by atoms with Crippen LogP contribution in [0.2, 0.25) is 0 Å². The highest BCUT2D eigenvalue weighted by atomic mass is 16.4. The molecule has 1 N–H and O–H groups in total. The van der Waals surface area contributed by atoms with Crippen molar-refractivity contribution in [1.82, 2.24) is 4.90 Å². The Balaban J connectivity index is 2.34. The van der Waals surface area contributed by atoms with Gasteiger partial charge in [-0.25, -0.2) is 0 Å². The first-order chi connectivity index (χ1) is 10.3. The topological polar surface area (TPSA) is 40.5 Å². The molecule has 1 fully saturated rings. The van der Waals surface area contributed by atoms with Crippen LogP contribution in [0.1, 0.15) is 52.5 Å². The first-order valence-corrected chi connectivity index (χ1v) is 8.34. The maximum absolute atomic E-state index is 11.5. The number of carbonyl (C=O) groups is 1. The van der Waals surface area contributed by atoms with E-state index in [4.69, 9.17) is 0 Å². The quantitative estimate of drug-likeness (QED) is 0.823. The van der Waals surface area contributed by atoms with Gasteiger partial charge in [0.1, 0.15) is 0 Å². The van der Waals surface area contributed by atoms with Crippen molar-refractivity contribution in [2.45, 2.75) is 52.5 Å². The van der Waals surface area contributed by atoms with Crippen molar-refractivity contribution in [3.63, 3.8) is 0 Å². The average Bonchev–Trinajstić information content (AvgIpc) is 2.41. The number of aliphatic carboxylic acids is 1. The van der Waals surface area contributed by atoms with Crippen molar-refractivity contribution in [2.75, 3.05) is 13.1 Å². The summed E-state index contributed by atoms with van der Waals surface area (Å²) in [6.45, 7) is 10.4. The Labute approximate surface area is 134 Å². The van der Waals surface area contributed by atoms with Gasteiger partial charge in [-0.05, 0) is 44.6 Å². The molecule has 1 heterocycles. The highest BCUT2D eigenvalue weighted by Gasteiger charge is 2.45. The number of carboxylic acids is 1. The molecule has 1 saturated heterocycles. The van der Waals surface area contributed by atoms with Crippen LogP contribution in [0.4, 0.5) is 0 Å². The Kier molecular flexibility index (Phi) is 4.96. The minimum Gasteiger partial charge on any atom is -0.481 e. The minimum atomic E-state index is -0.707. The Morgan fingerprint density at radius 1 is 1.18 bits per heavy atom. The number of benzene rings is 1. The van der Waals surface area contributed by atoms with Gasteiger partial charge in [-0.1, -0.05) is 44.2 Å². The molecular formula is C19H29NO2. The predicted octanol–water partition coefficient (Wildman–Crippen LogP) is 4.13. The Hall–Kier alpha value is -1.35. The van der Waals surface area contributed by atoms with E-state index in [-0.39, 0.29) is 5.54 Å². The molecule has 1 aliphatic heterocycles. The van der Waals surface area contributed by atoms with Crippen molar-refractivity contribution in [3.05, 3.63) is 35.9 Å². The van der Waals surface area contributed by atoms with Crippen LogP contribution in [-0.4, -0.2) is 29.1 Å². The molecule has 0 saturated carbocycles. The Morgan fingerprint density at radius 2 is 1.77 bits per heavy atom. The normalized spacial score (nSPS) is 18.8. The summed E-state index contributed by atoms with van der Waals surface area (Å²) in [5, 5.41) is 9.44. The minimum absolute atomic E-state index is 0.0494. The lowest BCUT2D eigenvalue weighted by Crippen LogP contribution is -2.56. The van der Waals surface area contributed by atoms with E-state index >= 15 is 0 Å². The van der Waals surface area contributed by atoms with Gasteiger partial charge in [-0.15, -0.1) is 0 Å². The summed E-state index contributed by atoms with van der Waals surface area (Å²) in [6, 6.07) is 10.6. The molecule has 0 bridgehead atoms. The molecule has 0 radical (unpaired) electrons. The maximum atomic E-state index is 11.5. The van der Waals surface area contributed by atoms with Crippen LogP contribution in [0.25, 0.3) is 0 Å². The van der Waals surface area contributed by atoms with E-state index in [1.165, 1.54) is 12.0 Å². The Morgan fingerprint density at radius 3 is 2.18 bits per heavy atom. The maximum Gasteiger partial charge on any atom is 0.309 e. The first kappa shape index (κ1) is 17.0. The van der Waals surface area contributed by atoms with Crippen LogP contribution in [0, 0.1) is 11.3 Å². The van der Waals surface area contributed by atoms with Gasteiger partial charge < -0.3 is 5.11 Å². The first-order valence-electron chi connectivity index (χ1n) is 8.34. The van der Waals surface area contributed by atoms with Crippen LogP contribution in [0.3, 0.4) is 0 Å². The van der Waals surface area contributed by atoms with E-state index in [9.17, 15) is 9.90 Å². The summed E-state index contributed by atoms with van der Waals surface area (Å²) in [7, 11) is 0. The lowest BCUT2D eigenvalue weighted by atomic mass is 9.70. The summed E-state index contributed by atoms with van der Waals surface area (Å²) < 4.78 is 0. The zero-order valence-electron chi connectivity index (χ0n) is 14.3. The molecule has 0 amide bonds. The smallest absolute Gasteiger partial charge is 0.309 e. The lowest BCUT2D eigenvalue weighted by Gasteiger charge is -2.53. The fourth-order valence-electron chi connectivity index (χ4n) is 3.52. The third-order valence-corrected chi connectivity index (χ3v) is 5.36. The summed E-state index contributed by atoms with van der Waals surface area (Å²) >= 11 is 0. The molecule has 1 aliphatic rings. The van der Waals surface area contributed by atoms with E-state index in [0.29, 0.717) is 12.3 Å². The molecule has 1 unspecified atom stereocenters. The molecule has 3 nitrogen and oxygen atoms in total. The number of hydrogen-bond donors (Lipinski definition) is 1. The fraction of sp³-hybridized carbons (Fsp3) is 0.632. The zero-order chi connectivity index (χ0) is 16.4. The molecule has 3 heteroatoms. The van der Waals surface area contributed by atoms with Gasteiger partial charge in [-0.2, -0.15) is 0 Å². The molecular weight excluding hydrogens is 274 g/mol. The van der Waals surface area contributed by atoms with Crippen LogP contribution < -0.4 is 0 Å². The van der Waals surface area contributed by atoms with Gasteiger partial charge in [0.05, 0.1) is 5.41 Å². The van der Waals surface area contributed by atoms with Crippen molar-refractivity contribution in [2.24, 2.45) is 11.3 Å².